The lowest BCUT2D eigenvalue weighted by molar-refractivity contribution is 0.168. The van der Waals surface area contributed by atoms with Crippen molar-refractivity contribution in [1.82, 2.24) is 10.3 Å². The molecule has 1 fully saturated rings. The second-order valence-electron chi connectivity index (χ2n) is 9.55. The third kappa shape index (κ3) is 5.34. The van der Waals surface area contributed by atoms with Crippen LogP contribution in [0.3, 0.4) is 0 Å². The normalized spacial score (nSPS) is 15.4. The fraction of sp³-hybridized carbons (Fsp3) is 0.357. The Labute approximate surface area is 220 Å². The molecule has 0 aliphatic carbocycles. The molecule has 0 spiro atoms. The van der Waals surface area contributed by atoms with Gasteiger partial charge in [-0.3, -0.25) is 0 Å². The van der Waals surface area contributed by atoms with Gasteiger partial charge in [-0.15, -0.1) is 0 Å². The average Bonchev–Trinajstić information content (AvgIpc) is 3.21. The topological polar surface area (TPSA) is 127 Å². The standard InChI is InChI=1S/C28H33N5O3S/c1-2-6-18-15-23(32-26-24(18)25(29)27(37-26)36-28(30)35)33-13-11-19(12-14-33)31-16-22(34)21-10-5-8-17-7-3-4-9-20(17)21/h3-5,7-10,15,19,22,31,34H,2,6,11-14,16,29H2,1H3,(H2,30,35). The van der Waals surface area contributed by atoms with Crippen LogP contribution in [0, 0.1) is 0 Å². The molecule has 9 heteroatoms. The second-order valence-corrected chi connectivity index (χ2v) is 10.5. The monoisotopic (exact) mass is 519 g/mol. The lowest BCUT2D eigenvalue weighted by atomic mass is 9.99. The summed E-state index contributed by atoms with van der Waals surface area (Å²) in [5.74, 6) is 0.914. The van der Waals surface area contributed by atoms with E-state index < -0.39 is 12.2 Å². The summed E-state index contributed by atoms with van der Waals surface area (Å²) >= 11 is 1.25. The number of pyridine rings is 1. The van der Waals surface area contributed by atoms with Gasteiger partial charge < -0.3 is 31.5 Å². The number of piperidine rings is 1. The van der Waals surface area contributed by atoms with Crippen molar-refractivity contribution in [2.75, 3.05) is 30.3 Å². The lowest BCUT2D eigenvalue weighted by Gasteiger charge is -2.34. The first-order chi connectivity index (χ1) is 17.9. The number of ether oxygens (including phenoxy) is 1. The van der Waals surface area contributed by atoms with Crippen molar-refractivity contribution in [1.29, 1.82) is 0 Å². The number of nitrogens with zero attached hydrogens (tertiary/aromatic N) is 2. The molecule has 6 N–H and O–H groups in total. The van der Waals surface area contributed by atoms with Gasteiger partial charge in [0.15, 0.2) is 0 Å². The van der Waals surface area contributed by atoms with Crippen molar-refractivity contribution in [3.63, 3.8) is 0 Å². The van der Waals surface area contributed by atoms with E-state index in [1.54, 1.807) is 0 Å². The van der Waals surface area contributed by atoms with Crippen molar-refractivity contribution in [3.8, 4) is 5.06 Å². The van der Waals surface area contributed by atoms with Gasteiger partial charge in [-0.25, -0.2) is 9.78 Å². The molecule has 4 aromatic rings. The highest BCUT2D eigenvalue weighted by Crippen LogP contribution is 2.42. The first kappa shape index (κ1) is 25.3. The molecule has 1 aliphatic heterocycles. The number of hydrogen-bond acceptors (Lipinski definition) is 8. The lowest BCUT2D eigenvalue weighted by Crippen LogP contribution is -2.44. The number of primary amides is 1. The summed E-state index contributed by atoms with van der Waals surface area (Å²) < 4.78 is 5.11. The fourth-order valence-corrected chi connectivity index (χ4v) is 6.20. The summed E-state index contributed by atoms with van der Waals surface area (Å²) in [5.41, 5.74) is 14.0. The second kappa shape index (κ2) is 10.9. The number of carbonyl (C=O) groups excluding carboxylic acids is 1. The van der Waals surface area contributed by atoms with Crippen LogP contribution in [0.25, 0.3) is 21.0 Å². The van der Waals surface area contributed by atoms with Crippen LogP contribution >= 0.6 is 11.3 Å². The van der Waals surface area contributed by atoms with Gasteiger partial charge in [0.05, 0.1) is 11.8 Å². The largest absolute Gasteiger partial charge is 0.410 e. The van der Waals surface area contributed by atoms with Gasteiger partial charge in [0.25, 0.3) is 0 Å². The summed E-state index contributed by atoms with van der Waals surface area (Å²) in [6.45, 7) is 4.36. The molecule has 1 saturated heterocycles. The highest BCUT2D eigenvalue weighted by Gasteiger charge is 2.24. The molecule has 194 valence electrons. The van der Waals surface area contributed by atoms with Crippen molar-refractivity contribution in [2.24, 2.45) is 5.73 Å². The molecule has 3 heterocycles. The van der Waals surface area contributed by atoms with Gasteiger partial charge in [0, 0.05) is 31.1 Å². The molecule has 5 rings (SSSR count). The zero-order chi connectivity index (χ0) is 25.9. The van der Waals surface area contributed by atoms with Crippen LogP contribution in [-0.4, -0.2) is 41.9 Å². The van der Waals surface area contributed by atoms with E-state index in [-0.39, 0.29) is 0 Å². The Bertz CT molecular complexity index is 1410. The average molecular weight is 520 g/mol. The van der Waals surface area contributed by atoms with E-state index in [4.69, 9.17) is 21.2 Å². The first-order valence-corrected chi connectivity index (χ1v) is 13.6. The van der Waals surface area contributed by atoms with Crippen molar-refractivity contribution < 1.29 is 14.6 Å². The third-order valence-electron chi connectivity index (χ3n) is 7.05. The summed E-state index contributed by atoms with van der Waals surface area (Å²) in [5, 5.41) is 17.9. The van der Waals surface area contributed by atoms with Crippen LogP contribution < -0.4 is 26.4 Å². The van der Waals surface area contributed by atoms with E-state index in [1.165, 1.54) is 11.3 Å². The Morgan fingerprint density at radius 2 is 2.00 bits per heavy atom. The third-order valence-corrected chi connectivity index (χ3v) is 8.02. The number of aromatic nitrogens is 1. The molecule has 1 atom stereocenters. The van der Waals surface area contributed by atoms with Crippen LogP contribution in [0.5, 0.6) is 5.06 Å². The number of nitrogen functional groups attached to an aromatic ring is 1. The molecule has 2 aromatic carbocycles. The number of carbonyl (C=O) groups is 1. The van der Waals surface area contributed by atoms with Crippen LogP contribution in [0.15, 0.2) is 48.5 Å². The van der Waals surface area contributed by atoms with Crippen molar-refractivity contribution >= 4 is 49.9 Å². The van der Waals surface area contributed by atoms with E-state index >= 15 is 0 Å². The number of benzene rings is 2. The molecular formula is C28H33N5O3S. The smallest absolute Gasteiger partial charge is 0.397 e. The van der Waals surface area contributed by atoms with Gasteiger partial charge in [-0.05, 0) is 47.2 Å². The predicted octanol–water partition coefficient (Wildman–Crippen LogP) is 4.73. The predicted molar refractivity (Wildman–Crippen MR) is 150 cm³/mol. The van der Waals surface area contributed by atoms with E-state index in [9.17, 15) is 9.90 Å². The van der Waals surface area contributed by atoms with Crippen LogP contribution in [0.4, 0.5) is 16.3 Å². The number of rotatable bonds is 8. The Morgan fingerprint density at radius 3 is 2.76 bits per heavy atom. The summed E-state index contributed by atoms with van der Waals surface area (Å²) in [4.78, 5) is 19.2. The maximum absolute atomic E-state index is 11.3. The molecule has 1 amide bonds. The van der Waals surface area contributed by atoms with Gasteiger partial charge in [0.1, 0.15) is 10.6 Å². The summed E-state index contributed by atoms with van der Waals surface area (Å²) in [7, 11) is 0. The molecule has 8 nitrogen and oxygen atoms in total. The highest BCUT2D eigenvalue weighted by molar-refractivity contribution is 7.21. The quantitative estimate of drug-likeness (QED) is 0.265. The zero-order valence-electron chi connectivity index (χ0n) is 20.9. The van der Waals surface area contributed by atoms with Crippen molar-refractivity contribution in [2.45, 2.75) is 44.8 Å². The maximum atomic E-state index is 11.3. The molecule has 1 unspecified atom stereocenters. The number of nitrogens with one attached hydrogen (secondary N) is 1. The Balaban J connectivity index is 1.25. The molecule has 0 saturated carbocycles. The minimum absolute atomic E-state index is 0.303. The molecule has 2 aromatic heterocycles. The minimum Gasteiger partial charge on any atom is -0.397 e. The SMILES string of the molecule is CCCc1cc(N2CCC(NCC(O)c3cccc4ccccc34)CC2)nc2sc(OC(N)=O)c(N)c12. The number of anilines is 2. The van der Waals surface area contributed by atoms with Crippen LogP contribution in [-0.2, 0) is 6.42 Å². The van der Waals surface area contributed by atoms with E-state index in [0.29, 0.717) is 23.3 Å². The summed E-state index contributed by atoms with van der Waals surface area (Å²) in [6, 6.07) is 16.7. The van der Waals surface area contributed by atoms with E-state index in [0.717, 1.165) is 76.7 Å². The zero-order valence-corrected chi connectivity index (χ0v) is 21.8. The van der Waals surface area contributed by atoms with Gasteiger partial charge in [-0.1, -0.05) is 67.1 Å². The molecule has 37 heavy (non-hydrogen) atoms. The summed E-state index contributed by atoms with van der Waals surface area (Å²) in [6.07, 6.45) is 2.28. The number of aryl methyl sites for hydroxylation is 1. The maximum Gasteiger partial charge on any atom is 0.410 e. The molecular weight excluding hydrogens is 486 g/mol. The van der Waals surface area contributed by atoms with E-state index in [1.807, 2.05) is 24.3 Å². The Hall–Kier alpha value is -3.40. The Kier molecular flexibility index (Phi) is 7.45. The van der Waals surface area contributed by atoms with Gasteiger partial charge >= 0.3 is 6.09 Å². The van der Waals surface area contributed by atoms with E-state index in [2.05, 4.69) is 41.4 Å². The number of aliphatic hydroxyl groups is 1. The highest BCUT2D eigenvalue weighted by atomic mass is 32.1. The minimum atomic E-state index is -0.879. The van der Waals surface area contributed by atoms with Gasteiger partial charge in [-0.2, -0.15) is 0 Å². The number of thiophene rings is 1. The molecule has 0 radical (unpaired) electrons. The molecule has 1 aliphatic rings. The Morgan fingerprint density at radius 1 is 1.24 bits per heavy atom. The first-order valence-electron chi connectivity index (χ1n) is 12.8. The number of nitrogens with two attached hydrogens (primary N) is 2. The number of aliphatic hydroxyl groups excluding tert-OH is 1. The molecule has 0 bridgehead atoms. The fourth-order valence-electron chi connectivity index (χ4n) is 5.20. The number of hydrogen-bond donors (Lipinski definition) is 4. The van der Waals surface area contributed by atoms with Gasteiger partial charge in [0.2, 0.25) is 5.06 Å². The van der Waals surface area contributed by atoms with Crippen molar-refractivity contribution in [3.05, 3.63) is 59.7 Å². The van der Waals surface area contributed by atoms with Crippen LogP contribution in [0.1, 0.15) is 43.4 Å². The number of fused-ring (bicyclic) bond motifs is 2. The van der Waals surface area contributed by atoms with Crippen LogP contribution in [0.2, 0.25) is 0 Å². The number of amides is 1.